The maximum absolute atomic E-state index is 13.4. The number of nitrogens with one attached hydrogen (secondary N) is 1. The van der Waals surface area contributed by atoms with E-state index < -0.39 is 17.9 Å². The van der Waals surface area contributed by atoms with E-state index in [1.807, 2.05) is 62.6 Å². The van der Waals surface area contributed by atoms with Crippen LogP contribution in [0.15, 0.2) is 78.9 Å². The van der Waals surface area contributed by atoms with Crippen LogP contribution in [0.5, 0.6) is 17.2 Å². The molecule has 1 unspecified atom stereocenters. The average Bonchev–Trinajstić information content (AvgIpc) is 3.03. The Bertz CT molecular complexity index is 1570. The topological polar surface area (TPSA) is 110 Å². The van der Waals surface area contributed by atoms with Crippen molar-refractivity contribution in [3.05, 3.63) is 95.1 Å². The molecule has 1 amide bonds. The monoisotopic (exact) mass is 617 g/mol. The molecule has 4 aromatic rings. The summed E-state index contributed by atoms with van der Waals surface area (Å²) in [5.74, 6) is -0.194. The number of aliphatic carboxylic acids is 1. The first-order chi connectivity index (χ1) is 21.2. The van der Waals surface area contributed by atoms with Crippen LogP contribution in [0.4, 0.5) is 0 Å². The van der Waals surface area contributed by atoms with Gasteiger partial charge in [0.05, 0.1) is 37.1 Å². The standard InChI is InChI=1S/C34H36ClN3O6/c1-38(2)18-9-19-44-30-21-23(14-16-25(30)35)32-24(31-28(42-3)12-8-13-29(31)43-4)15-17-26(36-32)33(39)37-27(34(40)41)20-22-10-6-5-7-11-22/h5-8,10-17,21,27H,9,18-20H2,1-4H3,(H,37,39)(H,40,41). The molecule has 44 heavy (non-hydrogen) atoms. The zero-order valence-corrected chi connectivity index (χ0v) is 25.9. The summed E-state index contributed by atoms with van der Waals surface area (Å²) >= 11 is 6.50. The van der Waals surface area contributed by atoms with E-state index in [4.69, 9.17) is 30.8 Å². The van der Waals surface area contributed by atoms with Crippen LogP contribution in [0.1, 0.15) is 22.5 Å². The number of nitrogens with zero attached hydrogens (tertiary/aromatic N) is 2. The van der Waals surface area contributed by atoms with E-state index in [2.05, 4.69) is 10.2 Å². The second kappa shape index (κ2) is 15.2. The van der Waals surface area contributed by atoms with Crippen molar-refractivity contribution in [2.75, 3.05) is 41.5 Å². The van der Waals surface area contributed by atoms with Crippen molar-refractivity contribution in [3.63, 3.8) is 0 Å². The zero-order valence-electron chi connectivity index (χ0n) is 25.2. The molecule has 0 spiro atoms. The Kier molecular flexibility index (Phi) is 11.2. The van der Waals surface area contributed by atoms with Gasteiger partial charge in [-0.15, -0.1) is 0 Å². The van der Waals surface area contributed by atoms with Crippen LogP contribution in [0, 0.1) is 0 Å². The number of hydrogen-bond donors (Lipinski definition) is 2. The summed E-state index contributed by atoms with van der Waals surface area (Å²) in [5.41, 5.74) is 3.17. The molecule has 0 fully saturated rings. The van der Waals surface area contributed by atoms with Gasteiger partial charge in [0.25, 0.3) is 5.91 Å². The summed E-state index contributed by atoms with van der Waals surface area (Å²) in [6.07, 6.45) is 0.926. The largest absolute Gasteiger partial charge is 0.496 e. The number of carbonyl (C=O) groups excluding carboxylic acids is 1. The van der Waals surface area contributed by atoms with Crippen molar-refractivity contribution in [1.82, 2.24) is 15.2 Å². The Morgan fingerprint density at radius 2 is 1.64 bits per heavy atom. The Morgan fingerprint density at radius 1 is 0.932 bits per heavy atom. The molecule has 230 valence electrons. The first kappa shape index (κ1) is 32.3. The molecule has 1 heterocycles. The molecule has 0 radical (unpaired) electrons. The van der Waals surface area contributed by atoms with Gasteiger partial charge in [-0.3, -0.25) is 4.79 Å². The molecule has 0 aliphatic heterocycles. The molecule has 3 aromatic carbocycles. The van der Waals surface area contributed by atoms with Gasteiger partial charge in [-0.1, -0.05) is 54.1 Å². The average molecular weight is 618 g/mol. The van der Waals surface area contributed by atoms with Gasteiger partial charge in [-0.25, -0.2) is 9.78 Å². The summed E-state index contributed by atoms with van der Waals surface area (Å²) in [6, 6.07) is 22.0. The van der Waals surface area contributed by atoms with Crippen molar-refractivity contribution < 1.29 is 28.9 Å². The summed E-state index contributed by atoms with van der Waals surface area (Å²) in [5, 5.41) is 12.9. The quantitative estimate of drug-likeness (QED) is 0.170. The van der Waals surface area contributed by atoms with Crippen molar-refractivity contribution in [3.8, 4) is 39.6 Å². The summed E-state index contributed by atoms with van der Waals surface area (Å²) < 4.78 is 17.4. The zero-order chi connectivity index (χ0) is 31.6. The normalized spacial score (nSPS) is 11.6. The fourth-order valence-electron chi connectivity index (χ4n) is 4.73. The smallest absolute Gasteiger partial charge is 0.326 e. The first-order valence-corrected chi connectivity index (χ1v) is 14.5. The lowest BCUT2D eigenvalue weighted by atomic mass is 9.96. The molecular formula is C34H36ClN3O6. The highest BCUT2D eigenvalue weighted by atomic mass is 35.5. The molecule has 0 saturated carbocycles. The van der Waals surface area contributed by atoms with E-state index in [-0.39, 0.29) is 12.1 Å². The Labute approximate surface area is 262 Å². The third-order valence-electron chi connectivity index (χ3n) is 6.92. The van der Waals surface area contributed by atoms with Crippen LogP contribution in [-0.2, 0) is 11.2 Å². The Balaban J connectivity index is 1.77. The molecule has 1 aromatic heterocycles. The maximum Gasteiger partial charge on any atom is 0.326 e. The lowest BCUT2D eigenvalue weighted by molar-refractivity contribution is -0.139. The fraction of sp³-hybridized carbons (Fsp3) is 0.265. The van der Waals surface area contributed by atoms with Crippen LogP contribution < -0.4 is 19.5 Å². The number of aromatic nitrogens is 1. The molecule has 2 N–H and O–H groups in total. The van der Waals surface area contributed by atoms with Gasteiger partial charge in [0, 0.05) is 24.1 Å². The van der Waals surface area contributed by atoms with Gasteiger partial charge >= 0.3 is 5.97 Å². The SMILES string of the molecule is COc1cccc(OC)c1-c1ccc(C(=O)NC(Cc2ccccc2)C(=O)O)nc1-c1ccc(Cl)c(OCCCN(C)C)c1. The van der Waals surface area contributed by atoms with Gasteiger partial charge < -0.3 is 29.5 Å². The number of rotatable bonds is 14. The summed E-state index contributed by atoms with van der Waals surface area (Å²) in [4.78, 5) is 32.3. The molecule has 0 aliphatic rings. The molecule has 4 rings (SSSR count). The molecule has 0 aliphatic carbocycles. The minimum Gasteiger partial charge on any atom is -0.496 e. The number of carboxylic acid groups (broad SMARTS) is 1. The number of carbonyl (C=O) groups is 2. The third-order valence-corrected chi connectivity index (χ3v) is 7.24. The molecule has 0 bridgehead atoms. The number of amides is 1. The van der Waals surface area contributed by atoms with Gasteiger partial charge in [-0.05, 0) is 62.5 Å². The lowest BCUT2D eigenvalue weighted by Gasteiger charge is -2.19. The van der Waals surface area contributed by atoms with Crippen molar-refractivity contribution in [2.45, 2.75) is 18.9 Å². The van der Waals surface area contributed by atoms with Gasteiger partial charge in [-0.2, -0.15) is 0 Å². The Morgan fingerprint density at radius 3 is 2.27 bits per heavy atom. The van der Waals surface area contributed by atoms with E-state index in [1.165, 1.54) is 0 Å². The molecule has 1 atom stereocenters. The Hall–Kier alpha value is -4.60. The van der Waals surface area contributed by atoms with E-state index in [0.717, 1.165) is 18.5 Å². The van der Waals surface area contributed by atoms with Crippen molar-refractivity contribution in [1.29, 1.82) is 0 Å². The van der Waals surface area contributed by atoms with Crippen LogP contribution in [0.2, 0.25) is 5.02 Å². The minimum absolute atomic E-state index is 0.0420. The van der Waals surface area contributed by atoms with Crippen LogP contribution in [0.25, 0.3) is 22.4 Å². The van der Waals surface area contributed by atoms with Crippen molar-refractivity contribution in [2.24, 2.45) is 0 Å². The van der Waals surface area contributed by atoms with Gasteiger partial charge in [0.2, 0.25) is 0 Å². The van der Waals surface area contributed by atoms with E-state index in [0.29, 0.717) is 51.3 Å². The molecule has 0 saturated heterocycles. The lowest BCUT2D eigenvalue weighted by Crippen LogP contribution is -2.42. The van der Waals surface area contributed by atoms with Crippen LogP contribution in [-0.4, -0.2) is 74.4 Å². The third kappa shape index (κ3) is 8.06. The van der Waals surface area contributed by atoms with E-state index >= 15 is 0 Å². The fourth-order valence-corrected chi connectivity index (χ4v) is 4.90. The summed E-state index contributed by atoms with van der Waals surface area (Å²) in [7, 11) is 7.12. The van der Waals surface area contributed by atoms with Crippen LogP contribution >= 0.6 is 11.6 Å². The second-order valence-electron chi connectivity index (χ2n) is 10.3. The predicted molar refractivity (Wildman–Crippen MR) is 171 cm³/mol. The van der Waals surface area contributed by atoms with Gasteiger partial charge in [0.15, 0.2) is 0 Å². The number of ether oxygens (including phenoxy) is 3. The highest BCUT2D eigenvalue weighted by Crippen LogP contribution is 2.43. The molecule has 9 nitrogen and oxygen atoms in total. The highest BCUT2D eigenvalue weighted by Gasteiger charge is 2.24. The molecular weight excluding hydrogens is 582 g/mol. The number of hydrogen-bond acceptors (Lipinski definition) is 7. The van der Waals surface area contributed by atoms with Gasteiger partial charge in [0.1, 0.15) is 29.0 Å². The minimum atomic E-state index is -1.15. The maximum atomic E-state index is 13.4. The number of methoxy groups -OCH3 is 2. The second-order valence-corrected chi connectivity index (χ2v) is 10.7. The number of halogens is 1. The number of carboxylic acids is 1. The number of pyridine rings is 1. The van der Waals surface area contributed by atoms with E-state index in [1.54, 1.807) is 44.6 Å². The number of benzene rings is 3. The van der Waals surface area contributed by atoms with E-state index in [9.17, 15) is 14.7 Å². The first-order valence-electron chi connectivity index (χ1n) is 14.1. The van der Waals surface area contributed by atoms with Crippen LogP contribution in [0.3, 0.4) is 0 Å². The predicted octanol–water partition coefficient (Wildman–Crippen LogP) is 5.84. The summed E-state index contributed by atoms with van der Waals surface area (Å²) in [6.45, 7) is 1.32. The molecule has 10 heteroatoms. The van der Waals surface area contributed by atoms with Crippen molar-refractivity contribution >= 4 is 23.5 Å². The highest BCUT2D eigenvalue weighted by molar-refractivity contribution is 6.32.